The fraction of sp³-hybridized carbons (Fsp3) is 0.143. The van der Waals surface area contributed by atoms with E-state index < -0.39 is 15.8 Å². The van der Waals surface area contributed by atoms with Crippen LogP contribution in [0, 0.1) is 12.7 Å². The van der Waals surface area contributed by atoms with Crippen molar-refractivity contribution in [3.8, 4) is 0 Å². The highest BCUT2D eigenvalue weighted by atomic mass is 32.2. The van der Waals surface area contributed by atoms with Gasteiger partial charge in [0.25, 0.3) is 0 Å². The lowest BCUT2D eigenvalue weighted by atomic mass is 10.2. The van der Waals surface area contributed by atoms with E-state index in [2.05, 4.69) is 10.5 Å². The second-order valence-electron chi connectivity index (χ2n) is 4.42. The Morgan fingerprint density at radius 3 is 2.40 bits per heavy atom. The van der Waals surface area contributed by atoms with Gasteiger partial charge in [0.1, 0.15) is 15.8 Å². The summed E-state index contributed by atoms with van der Waals surface area (Å²) >= 11 is 0. The van der Waals surface area contributed by atoms with Crippen molar-refractivity contribution in [2.24, 2.45) is 0 Å². The highest BCUT2D eigenvalue weighted by Gasteiger charge is 2.06. The molecular formula is C14H15FN2O2S. The number of rotatable bonds is 4. The Morgan fingerprint density at radius 2 is 1.80 bits per heavy atom. The third-order valence-corrected chi connectivity index (χ3v) is 4.13. The van der Waals surface area contributed by atoms with E-state index in [4.69, 9.17) is 0 Å². The van der Waals surface area contributed by atoms with E-state index in [0.717, 1.165) is 11.1 Å². The topological polar surface area (TPSA) is 75.9 Å². The first-order chi connectivity index (χ1) is 9.42. The first kappa shape index (κ1) is 14.5. The minimum Gasteiger partial charge on any atom is -0.570 e. The molecule has 20 heavy (non-hydrogen) atoms. The van der Waals surface area contributed by atoms with Gasteiger partial charge in [0, 0.05) is 5.56 Å². The molecule has 0 fully saturated rings. The van der Waals surface area contributed by atoms with Crippen LogP contribution in [0.5, 0.6) is 0 Å². The average molecular weight is 294 g/mol. The zero-order valence-electron chi connectivity index (χ0n) is 11.0. The SMILES string of the molecule is Cc1ccc(F)c([N-]S(=O)(=O)c2ccc(C[NH3+])cc2)c1. The molecule has 106 valence electrons. The highest BCUT2D eigenvalue weighted by Crippen LogP contribution is 2.30. The van der Waals surface area contributed by atoms with Gasteiger partial charge in [-0.15, -0.1) is 0 Å². The quantitative estimate of drug-likeness (QED) is 0.939. The summed E-state index contributed by atoms with van der Waals surface area (Å²) in [5, 5.41) is 0. The molecule has 2 rings (SSSR count). The van der Waals surface area contributed by atoms with Gasteiger partial charge in [-0.25, -0.2) is 12.8 Å². The van der Waals surface area contributed by atoms with Crippen molar-refractivity contribution in [2.75, 3.05) is 0 Å². The molecule has 0 aromatic heterocycles. The Hall–Kier alpha value is -1.92. The van der Waals surface area contributed by atoms with Crippen LogP contribution in [-0.4, -0.2) is 8.42 Å². The molecule has 2 aromatic carbocycles. The van der Waals surface area contributed by atoms with Crippen LogP contribution in [-0.2, 0) is 16.6 Å². The normalized spacial score (nSPS) is 11.3. The molecule has 0 radical (unpaired) electrons. The molecule has 3 N–H and O–H groups in total. The predicted octanol–water partition coefficient (Wildman–Crippen LogP) is 2.27. The average Bonchev–Trinajstić information content (AvgIpc) is 2.43. The fourth-order valence-corrected chi connectivity index (χ4v) is 2.69. The van der Waals surface area contributed by atoms with E-state index in [-0.39, 0.29) is 10.6 Å². The van der Waals surface area contributed by atoms with Gasteiger partial charge in [0.05, 0.1) is 11.4 Å². The number of sulfonamides is 1. The summed E-state index contributed by atoms with van der Waals surface area (Å²) in [6.07, 6.45) is 0. The van der Waals surface area contributed by atoms with E-state index >= 15 is 0 Å². The van der Waals surface area contributed by atoms with Crippen molar-refractivity contribution >= 4 is 15.7 Å². The van der Waals surface area contributed by atoms with E-state index in [1.165, 1.54) is 24.3 Å². The Labute approximate surface area is 117 Å². The second kappa shape index (κ2) is 5.60. The Morgan fingerprint density at radius 1 is 1.15 bits per heavy atom. The summed E-state index contributed by atoms with van der Waals surface area (Å²) in [4.78, 5) is 0.0376. The van der Waals surface area contributed by atoms with Gasteiger partial charge in [-0.05, 0) is 25.1 Å². The summed E-state index contributed by atoms with van der Waals surface area (Å²) in [7, 11) is -3.91. The van der Waals surface area contributed by atoms with E-state index in [0.29, 0.717) is 6.54 Å². The van der Waals surface area contributed by atoms with Gasteiger partial charge in [-0.2, -0.15) is 0 Å². The largest absolute Gasteiger partial charge is 0.570 e. The maximum Gasteiger partial charge on any atom is 0.123 e. The second-order valence-corrected chi connectivity index (χ2v) is 6.02. The smallest absolute Gasteiger partial charge is 0.123 e. The summed E-state index contributed by atoms with van der Waals surface area (Å²) in [5.41, 5.74) is 5.20. The molecule has 0 unspecified atom stereocenters. The minimum atomic E-state index is -3.91. The number of hydrogen-bond donors (Lipinski definition) is 1. The number of aryl methyl sites for hydroxylation is 1. The highest BCUT2D eigenvalue weighted by molar-refractivity contribution is 7.94. The van der Waals surface area contributed by atoms with E-state index in [9.17, 15) is 12.8 Å². The third-order valence-electron chi connectivity index (χ3n) is 2.83. The van der Waals surface area contributed by atoms with Crippen molar-refractivity contribution in [3.05, 3.63) is 64.1 Å². The van der Waals surface area contributed by atoms with Crippen molar-refractivity contribution in [3.63, 3.8) is 0 Å². The molecule has 0 aliphatic carbocycles. The zero-order valence-corrected chi connectivity index (χ0v) is 11.8. The van der Waals surface area contributed by atoms with Crippen molar-refractivity contribution in [2.45, 2.75) is 18.4 Å². The molecule has 0 amide bonds. The van der Waals surface area contributed by atoms with Crippen molar-refractivity contribution < 1.29 is 18.5 Å². The van der Waals surface area contributed by atoms with Crippen LogP contribution in [0.25, 0.3) is 4.72 Å². The lowest BCUT2D eigenvalue weighted by Gasteiger charge is -2.23. The Bertz CT molecular complexity index is 712. The zero-order chi connectivity index (χ0) is 14.8. The summed E-state index contributed by atoms with van der Waals surface area (Å²) in [5.74, 6) is -0.659. The first-order valence-electron chi connectivity index (χ1n) is 6.05. The molecule has 0 spiro atoms. The van der Waals surface area contributed by atoms with Gasteiger partial charge >= 0.3 is 0 Å². The van der Waals surface area contributed by atoms with Crippen molar-refractivity contribution in [1.82, 2.24) is 0 Å². The molecule has 0 saturated heterocycles. The van der Waals surface area contributed by atoms with Gasteiger partial charge < -0.3 is 10.5 Å². The predicted molar refractivity (Wildman–Crippen MR) is 74.4 cm³/mol. The molecule has 0 aliphatic rings. The van der Waals surface area contributed by atoms with Crippen LogP contribution >= 0.6 is 0 Å². The first-order valence-corrected chi connectivity index (χ1v) is 7.49. The molecule has 6 heteroatoms. The summed E-state index contributed by atoms with van der Waals surface area (Å²) < 4.78 is 41.4. The monoisotopic (exact) mass is 294 g/mol. The number of quaternary nitrogens is 1. The number of nitrogens with zero attached hydrogens (tertiary/aromatic N) is 1. The number of benzene rings is 2. The van der Waals surface area contributed by atoms with Crippen LogP contribution in [0.15, 0.2) is 47.4 Å². The molecule has 0 saturated carbocycles. The number of hydrogen-bond acceptors (Lipinski definition) is 2. The molecule has 0 atom stereocenters. The minimum absolute atomic E-state index is 0.0376. The van der Waals surface area contributed by atoms with Gasteiger partial charge in [-0.1, -0.05) is 35.5 Å². The molecule has 0 bridgehead atoms. The molecular weight excluding hydrogens is 279 g/mol. The Kier molecular flexibility index (Phi) is 4.06. The summed E-state index contributed by atoms with van der Waals surface area (Å²) in [6.45, 7) is 2.32. The van der Waals surface area contributed by atoms with Crippen LogP contribution in [0.1, 0.15) is 11.1 Å². The molecule has 0 aliphatic heterocycles. The van der Waals surface area contributed by atoms with Crippen LogP contribution in [0.2, 0.25) is 0 Å². The van der Waals surface area contributed by atoms with Gasteiger partial charge in [0.2, 0.25) is 0 Å². The Balaban J connectivity index is 2.32. The van der Waals surface area contributed by atoms with Crippen molar-refractivity contribution in [1.29, 1.82) is 0 Å². The standard InChI is InChI=1S/C14H14FN2O2S/c1-10-2-7-13(15)14(8-10)17-20(18,19)12-5-3-11(9-16)4-6-12/h2-8H,9,16H2,1H3/q-1/p+1. The van der Waals surface area contributed by atoms with Gasteiger partial charge in [-0.3, -0.25) is 0 Å². The molecule has 2 aromatic rings. The van der Waals surface area contributed by atoms with E-state index in [1.807, 2.05) is 0 Å². The summed E-state index contributed by atoms with van der Waals surface area (Å²) in [6, 6.07) is 10.4. The lowest BCUT2D eigenvalue weighted by molar-refractivity contribution is -0.386. The fourth-order valence-electron chi connectivity index (χ4n) is 1.70. The maximum atomic E-state index is 13.6. The van der Waals surface area contributed by atoms with Gasteiger partial charge in [0.15, 0.2) is 0 Å². The lowest BCUT2D eigenvalue weighted by Crippen LogP contribution is -2.47. The third kappa shape index (κ3) is 3.15. The number of halogens is 1. The molecule has 0 heterocycles. The maximum absolute atomic E-state index is 13.6. The van der Waals surface area contributed by atoms with Crippen LogP contribution in [0.3, 0.4) is 0 Å². The van der Waals surface area contributed by atoms with E-state index in [1.54, 1.807) is 25.1 Å². The molecule has 4 nitrogen and oxygen atoms in total. The van der Waals surface area contributed by atoms with Crippen LogP contribution < -0.4 is 5.73 Å². The van der Waals surface area contributed by atoms with Crippen LogP contribution in [0.4, 0.5) is 10.1 Å².